The molecule has 0 amide bonds. The number of carbonyl (C=O) groups is 1. The molecule has 1 aliphatic heterocycles. The van der Waals surface area contributed by atoms with Gasteiger partial charge in [-0.2, -0.15) is 0 Å². The molecule has 0 aromatic rings. The maximum absolute atomic E-state index is 12.8. The van der Waals surface area contributed by atoms with Crippen molar-refractivity contribution in [2.24, 2.45) is 22.7 Å². The summed E-state index contributed by atoms with van der Waals surface area (Å²) in [6.45, 7) is 10.3. The minimum absolute atomic E-state index is 0.0338. The second kappa shape index (κ2) is 5.48. The molecule has 3 rings (SSSR count). The molecule has 3 aliphatic rings. The third kappa shape index (κ3) is 1.99. The summed E-state index contributed by atoms with van der Waals surface area (Å²) in [7, 11) is 0. The van der Waals surface area contributed by atoms with Gasteiger partial charge in [-0.05, 0) is 51.4 Å². The first kappa shape index (κ1) is 16.3. The van der Waals surface area contributed by atoms with Crippen LogP contribution >= 0.6 is 0 Å². The number of hydrogen-bond donors (Lipinski definition) is 0. The third-order valence-electron chi connectivity index (χ3n) is 6.95. The van der Waals surface area contributed by atoms with Gasteiger partial charge in [-0.25, -0.2) is 0 Å². The number of rotatable bonds is 2. The second-order valence-corrected chi connectivity index (χ2v) is 7.75. The van der Waals surface area contributed by atoms with E-state index in [2.05, 4.69) is 20.8 Å². The Morgan fingerprint density at radius 3 is 2.50 bits per heavy atom. The first-order chi connectivity index (χ1) is 10.4. The Morgan fingerprint density at radius 2 is 1.86 bits per heavy atom. The van der Waals surface area contributed by atoms with E-state index in [4.69, 9.17) is 14.2 Å². The molecule has 4 nitrogen and oxygen atoms in total. The Labute approximate surface area is 133 Å². The summed E-state index contributed by atoms with van der Waals surface area (Å²) in [6, 6.07) is 0. The molecule has 1 saturated heterocycles. The minimum Gasteiger partial charge on any atom is -0.466 e. The number of hydrogen-bond acceptors (Lipinski definition) is 4. The molecule has 2 saturated carbocycles. The van der Waals surface area contributed by atoms with Crippen LogP contribution in [0.15, 0.2) is 0 Å². The largest absolute Gasteiger partial charge is 0.466 e. The van der Waals surface area contributed by atoms with Crippen molar-refractivity contribution in [2.75, 3.05) is 19.8 Å². The van der Waals surface area contributed by atoms with E-state index in [-0.39, 0.29) is 17.3 Å². The van der Waals surface area contributed by atoms with E-state index >= 15 is 0 Å². The molecule has 0 aromatic heterocycles. The average Bonchev–Trinajstić information content (AvgIpc) is 2.96. The number of fused-ring (bicyclic) bond motifs is 2. The molecule has 0 aromatic carbocycles. The zero-order valence-corrected chi connectivity index (χ0v) is 14.4. The Balaban J connectivity index is 2.00. The van der Waals surface area contributed by atoms with Gasteiger partial charge in [-0.3, -0.25) is 4.79 Å². The molecular weight excluding hydrogens is 280 g/mol. The lowest BCUT2D eigenvalue weighted by molar-refractivity contribution is -0.296. The van der Waals surface area contributed by atoms with Crippen molar-refractivity contribution in [1.82, 2.24) is 0 Å². The van der Waals surface area contributed by atoms with Crippen molar-refractivity contribution in [3.05, 3.63) is 0 Å². The summed E-state index contributed by atoms with van der Waals surface area (Å²) >= 11 is 0. The lowest BCUT2D eigenvalue weighted by Crippen LogP contribution is -2.63. The molecule has 4 heteroatoms. The lowest BCUT2D eigenvalue weighted by Gasteiger charge is -2.61. The predicted molar refractivity (Wildman–Crippen MR) is 83.2 cm³/mol. The van der Waals surface area contributed by atoms with Crippen LogP contribution in [0.2, 0.25) is 0 Å². The fourth-order valence-electron chi connectivity index (χ4n) is 5.45. The molecule has 0 radical (unpaired) electrons. The van der Waals surface area contributed by atoms with Crippen molar-refractivity contribution in [3.63, 3.8) is 0 Å². The van der Waals surface area contributed by atoms with Crippen molar-refractivity contribution in [2.45, 2.75) is 65.6 Å². The zero-order chi connectivity index (χ0) is 16.0. The van der Waals surface area contributed by atoms with Gasteiger partial charge in [0.05, 0.1) is 25.2 Å². The Hall–Kier alpha value is -0.610. The molecular formula is C18H30O4. The van der Waals surface area contributed by atoms with Crippen LogP contribution in [0.4, 0.5) is 0 Å². The van der Waals surface area contributed by atoms with Crippen molar-refractivity contribution in [3.8, 4) is 0 Å². The molecule has 0 unspecified atom stereocenters. The summed E-state index contributed by atoms with van der Waals surface area (Å²) in [4.78, 5) is 12.8. The smallest absolute Gasteiger partial charge is 0.312 e. The molecule has 1 heterocycles. The van der Waals surface area contributed by atoms with Crippen LogP contribution in [0.3, 0.4) is 0 Å². The average molecular weight is 310 g/mol. The minimum atomic E-state index is -0.482. The van der Waals surface area contributed by atoms with Gasteiger partial charge < -0.3 is 14.2 Å². The maximum Gasteiger partial charge on any atom is 0.312 e. The summed E-state index contributed by atoms with van der Waals surface area (Å²) in [6.07, 6.45) is 5.16. The Bertz CT molecular complexity index is 442. The topological polar surface area (TPSA) is 44.8 Å². The molecule has 22 heavy (non-hydrogen) atoms. The number of ether oxygens (including phenoxy) is 3. The van der Waals surface area contributed by atoms with Crippen LogP contribution in [-0.4, -0.2) is 31.6 Å². The van der Waals surface area contributed by atoms with Crippen LogP contribution in [0, 0.1) is 22.7 Å². The first-order valence-electron chi connectivity index (χ1n) is 8.86. The summed E-state index contributed by atoms with van der Waals surface area (Å²) in [5.74, 6) is 0.0772. The monoisotopic (exact) mass is 310 g/mol. The van der Waals surface area contributed by atoms with Crippen molar-refractivity contribution < 1.29 is 19.0 Å². The molecule has 0 bridgehead atoms. The predicted octanol–water partition coefficient (Wildman–Crippen LogP) is 3.54. The van der Waals surface area contributed by atoms with Crippen molar-refractivity contribution in [1.29, 1.82) is 0 Å². The van der Waals surface area contributed by atoms with Crippen molar-refractivity contribution >= 4 is 5.97 Å². The standard InChI is InChI=1S/C18H30O4/c1-5-20-15(19)17(4)13(2)8-10-16(3)14(17)7-6-9-18(16)21-11-12-22-18/h13-14H,5-12H2,1-4H3/t13-,14-,16+,17-/m0/s1. The van der Waals surface area contributed by atoms with E-state index in [1.54, 1.807) is 0 Å². The Morgan fingerprint density at radius 1 is 1.18 bits per heavy atom. The zero-order valence-electron chi connectivity index (χ0n) is 14.4. The lowest BCUT2D eigenvalue weighted by atomic mass is 9.46. The van der Waals surface area contributed by atoms with Gasteiger partial charge in [0.25, 0.3) is 0 Å². The van der Waals surface area contributed by atoms with Crippen LogP contribution < -0.4 is 0 Å². The molecule has 1 spiro atoms. The van der Waals surface area contributed by atoms with Gasteiger partial charge in [0.1, 0.15) is 0 Å². The van der Waals surface area contributed by atoms with Gasteiger partial charge in [-0.1, -0.05) is 13.8 Å². The van der Waals surface area contributed by atoms with E-state index in [1.165, 1.54) is 0 Å². The maximum atomic E-state index is 12.8. The number of carbonyl (C=O) groups excluding carboxylic acids is 1. The normalized spacial score (nSPS) is 43.8. The number of esters is 1. The molecule has 0 N–H and O–H groups in total. The first-order valence-corrected chi connectivity index (χ1v) is 8.86. The SMILES string of the molecule is CCOC(=O)[C@]1(C)[C@H]2CCCC3(OCCO3)[C@]2(C)CC[C@@H]1C. The van der Waals surface area contributed by atoms with Gasteiger partial charge in [0, 0.05) is 11.8 Å². The molecule has 2 aliphatic carbocycles. The van der Waals surface area contributed by atoms with E-state index in [9.17, 15) is 4.79 Å². The second-order valence-electron chi connectivity index (χ2n) is 7.75. The van der Waals surface area contributed by atoms with E-state index in [0.29, 0.717) is 25.7 Å². The summed E-state index contributed by atoms with van der Waals surface area (Å²) in [5.41, 5.74) is -0.540. The fourth-order valence-corrected chi connectivity index (χ4v) is 5.45. The van der Waals surface area contributed by atoms with E-state index in [0.717, 1.165) is 32.1 Å². The van der Waals surface area contributed by atoms with E-state index in [1.807, 2.05) is 6.92 Å². The summed E-state index contributed by atoms with van der Waals surface area (Å²) < 4.78 is 17.8. The highest BCUT2D eigenvalue weighted by atomic mass is 16.7. The Kier molecular flexibility index (Phi) is 4.05. The highest BCUT2D eigenvalue weighted by molar-refractivity contribution is 5.77. The van der Waals surface area contributed by atoms with Crippen LogP contribution in [0.1, 0.15) is 59.8 Å². The van der Waals surface area contributed by atoms with Gasteiger partial charge in [0.15, 0.2) is 5.79 Å². The highest BCUT2D eigenvalue weighted by Gasteiger charge is 2.67. The molecule has 4 atom stereocenters. The van der Waals surface area contributed by atoms with E-state index < -0.39 is 11.2 Å². The summed E-state index contributed by atoms with van der Waals surface area (Å²) in [5, 5.41) is 0. The van der Waals surface area contributed by atoms with Gasteiger partial charge >= 0.3 is 5.97 Å². The van der Waals surface area contributed by atoms with Crippen LogP contribution in [0.5, 0.6) is 0 Å². The fraction of sp³-hybridized carbons (Fsp3) is 0.944. The van der Waals surface area contributed by atoms with Crippen LogP contribution in [-0.2, 0) is 19.0 Å². The molecule has 126 valence electrons. The van der Waals surface area contributed by atoms with Gasteiger partial charge in [-0.15, -0.1) is 0 Å². The van der Waals surface area contributed by atoms with Gasteiger partial charge in [0.2, 0.25) is 0 Å². The third-order valence-corrected chi connectivity index (χ3v) is 6.95. The molecule has 3 fully saturated rings. The highest BCUT2D eigenvalue weighted by Crippen LogP contribution is 2.65. The quantitative estimate of drug-likeness (QED) is 0.732. The van der Waals surface area contributed by atoms with Crippen LogP contribution in [0.25, 0.3) is 0 Å².